The maximum absolute atomic E-state index is 12.5. The Balaban J connectivity index is 2.10. The summed E-state index contributed by atoms with van der Waals surface area (Å²) >= 11 is 5.85. The molecule has 2 aromatic rings. The Hall–Kier alpha value is -1.89. The third kappa shape index (κ3) is 5.56. The predicted octanol–water partition coefficient (Wildman–Crippen LogP) is 3.39. The Morgan fingerprint density at radius 3 is 2.40 bits per heavy atom. The minimum absolute atomic E-state index is 0.00140. The second-order valence-electron chi connectivity index (χ2n) is 5.89. The molecule has 0 fully saturated rings. The van der Waals surface area contributed by atoms with E-state index in [1.165, 1.54) is 18.2 Å². The molecule has 0 radical (unpaired) electrons. The summed E-state index contributed by atoms with van der Waals surface area (Å²) in [5.41, 5.74) is 0.830. The van der Waals surface area contributed by atoms with Gasteiger partial charge in [-0.25, -0.2) is 8.42 Å². The first kappa shape index (κ1) is 19.4. The average Bonchev–Trinajstić information content (AvgIpc) is 2.58. The molecular weight excluding hydrogens is 362 g/mol. The summed E-state index contributed by atoms with van der Waals surface area (Å²) in [5, 5.41) is 0.302. The highest BCUT2D eigenvalue weighted by Crippen LogP contribution is 2.17. The van der Waals surface area contributed by atoms with Gasteiger partial charge in [0.25, 0.3) is 0 Å². The molecule has 0 aliphatic rings. The molecule has 0 bridgehead atoms. The number of benzene rings is 2. The molecule has 0 aromatic heterocycles. The molecule has 0 aliphatic carbocycles. The summed E-state index contributed by atoms with van der Waals surface area (Å²) in [7, 11) is -3.89. The third-order valence-electron chi connectivity index (χ3n) is 3.53. The van der Waals surface area contributed by atoms with Crippen LogP contribution in [0.3, 0.4) is 0 Å². The van der Waals surface area contributed by atoms with Gasteiger partial charge in [0.1, 0.15) is 12.6 Å². The molecule has 7 heteroatoms. The number of hydrogen-bond acceptors (Lipinski definition) is 4. The van der Waals surface area contributed by atoms with E-state index in [2.05, 4.69) is 4.72 Å². The van der Waals surface area contributed by atoms with Crippen molar-refractivity contribution in [3.05, 3.63) is 65.2 Å². The molecule has 0 spiro atoms. The first-order valence-electron chi connectivity index (χ1n) is 7.78. The lowest BCUT2D eigenvalue weighted by atomic mass is 10.1. The summed E-state index contributed by atoms with van der Waals surface area (Å²) < 4.78 is 32.7. The lowest BCUT2D eigenvalue weighted by Crippen LogP contribution is -2.45. The van der Waals surface area contributed by atoms with E-state index in [1.54, 1.807) is 19.9 Å². The van der Waals surface area contributed by atoms with Crippen LogP contribution in [0.5, 0.6) is 0 Å². The van der Waals surface area contributed by atoms with Gasteiger partial charge in [-0.3, -0.25) is 4.79 Å². The third-order valence-corrected chi connectivity index (χ3v) is 5.21. The molecule has 2 aromatic carbocycles. The van der Waals surface area contributed by atoms with Gasteiger partial charge < -0.3 is 4.74 Å². The van der Waals surface area contributed by atoms with E-state index >= 15 is 0 Å². The van der Waals surface area contributed by atoms with Gasteiger partial charge in [-0.2, -0.15) is 4.72 Å². The number of esters is 1. The van der Waals surface area contributed by atoms with Crippen LogP contribution in [0, 0.1) is 5.92 Å². The number of halogens is 1. The van der Waals surface area contributed by atoms with Crippen molar-refractivity contribution in [3.8, 4) is 0 Å². The van der Waals surface area contributed by atoms with Gasteiger partial charge in [0.15, 0.2) is 0 Å². The van der Waals surface area contributed by atoms with Gasteiger partial charge in [-0.1, -0.05) is 61.8 Å². The molecule has 2 rings (SSSR count). The molecule has 0 heterocycles. The molecule has 1 N–H and O–H groups in total. The highest BCUT2D eigenvalue weighted by molar-refractivity contribution is 7.89. The van der Waals surface area contributed by atoms with Crippen molar-refractivity contribution in [1.29, 1.82) is 0 Å². The Morgan fingerprint density at radius 2 is 1.80 bits per heavy atom. The monoisotopic (exact) mass is 381 g/mol. The lowest BCUT2D eigenvalue weighted by Gasteiger charge is -2.21. The maximum Gasteiger partial charge on any atom is 0.324 e. The first-order valence-corrected chi connectivity index (χ1v) is 9.64. The number of rotatable bonds is 7. The van der Waals surface area contributed by atoms with Crippen molar-refractivity contribution in [3.63, 3.8) is 0 Å². The molecule has 0 unspecified atom stereocenters. The fourth-order valence-corrected chi connectivity index (χ4v) is 3.78. The van der Waals surface area contributed by atoms with Crippen molar-refractivity contribution in [2.75, 3.05) is 0 Å². The average molecular weight is 382 g/mol. The van der Waals surface area contributed by atoms with Gasteiger partial charge in [0, 0.05) is 5.02 Å². The first-order chi connectivity index (χ1) is 11.8. The molecular formula is C18H20ClNO4S. The van der Waals surface area contributed by atoms with E-state index in [0.29, 0.717) is 5.02 Å². The van der Waals surface area contributed by atoms with Crippen molar-refractivity contribution < 1.29 is 17.9 Å². The molecule has 0 saturated carbocycles. The van der Waals surface area contributed by atoms with Crippen LogP contribution >= 0.6 is 11.6 Å². The summed E-state index contributed by atoms with van der Waals surface area (Å²) in [4.78, 5) is 12.4. The minimum atomic E-state index is -3.89. The summed E-state index contributed by atoms with van der Waals surface area (Å²) in [6, 6.07) is 14.1. The van der Waals surface area contributed by atoms with Gasteiger partial charge in [0.2, 0.25) is 10.0 Å². The van der Waals surface area contributed by atoms with Gasteiger partial charge >= 0.3 is 5.97 Å². The Labute approximate surface area is 153 Å². The molecule has 0 saturated heterocycles. The maximum atomic E-state index is 12.5. The number of hydrogen-bond donors (Lipinski definition) is 1. The highest BCUT2D eigenvalue weighted by Gasteiger charge is 2.29. The zero-order valence-electron chi connectivity index (χ0n) is 14.0. The van der Waals surface area contributed by atoms with Crippen molar-refractivity contribution in [2.24, 2.45) is 5.92 Å². The summed E-state index contributed by atoms with van der Waals surface area (Å²) in [6.45, 7) is 3.58. The van der Waals surface area contributed by atoms with Crippen LogP contribution in [-0.2, 0) is 26.2 Å². The van der Waals surface area contributed by atoms with Gasteiger partial charge in [-0.15, -0.1) is 0 Å². The zero-order chi connectivity index (χ0) is 18.4. The van der Waals surface area contributed by atoms with Crippen LogP contribution in [0.15, 0.2) is 59.5 Å². The number of ether oxygens (including phenoxy) is 1. The minimum Gasteiger partial charge on any atom is -0.460 e. The van der Waals surface area contributed by atoms with E-state index in [0.717, 1.165) is 5.56 Å². The van der Waals surface area contributed by atoms with E-state index in [9.17, 15) is 13.2 Å². The van der Waals surface area contributed by atoms with Crippen LogP contribution in [0.4, 0.5) is 0 Å². The quantitative estimate of drug-likeness (QED) is 0.746. The van der Waals surface area contributed by atoms with Crippen LogP contribution in [-0.4, -0.2) is 20.4 Å². The smallest absolute Gasteiger partial charge is 0.324 e. The molecule has 1 atom stereocenters. The fourth-order valence-electron chi connectivity index (χ4n) is 2.14. The Kier molecular flexibility index (Phi) is 6.58. The molecule has 25 heavy (non-hydrogen) atoms. The van der Waals surface area contributed by atoms with E-state index in [4.69, 9.17) is 16.3 Å². The summed E-state index contributed by atoms with van der Waals surface area (Å²) in [5.74, 6) is -0.901. The topological polar surface area (TPSA) is 72.5 Å². The highest BCUT2D eigenvalue weighted by atomic mass is 35.5. The number of nitrogens with one attached hydrogen (secondary N) is 1. The van der Waals surface area contributed by atoms with Crippen LogP contribution < -0.4 is 4.72 Å². The SMILES string of the molecule is CC(C)[C@H](NS(=O)(=O)c1cccc(Cl)c1)C(=O)OCc1ccccc1. The number of carbonyl (C=O) groups is 1. The summed E-state index contributed by atoms with van der Waals surface area (Å²) in [6.07, 6.45) is 0. The predicted molar refractivity (Wildman–Crippen MR) is 96.6 cm³/mol. The Morgan fingerprint density at radius 1 is 1.12 bits per heavy atom. The zero-order valence-corrected chi connectivity index (χ0v) is 15.5. The largest absolute Gasteiger partial charge is 0.460 e. The number of sulfonamides is 1. The van der Waals surface area contributed by atoms with Crippen molar-refractivity contribution in [1.82, 2.24) is 4.72 Å². The van der Waals surface area contributed by atoms with Gasteiger partial charge in [-0.05, 0) is 29.7 Å². The van der Waals surface area contributed by atoms with E-state index in [-0.39, 0.29) is 17.4 Å². The molecule has 134 valence electrons. The normalized spacial score (nSPS) is 12.8. The molecule has 0 aliphatic heterocycles. The van der Waals surface area contributed by atoms with Crippen molar-refractivity contribution >= 4 is 27.6 Å². The van der Waals surface area contributed by atoms with Gasteiger partial charge in [0.05, 0.1) is 4.90 Å². The lowest BCUT2D eigenvalue weighted by molar-refractivity contribution is -0.148. The fraction of sp³-hybridized carbons (Fsp3) is 0.278. The van der Waals surface area contributed by atoms with E-state index < -0.39 is 22.0 Å². The van der Waals surface area contributed by atoms with Crippen LogP contribution in [0.1, 0.15) is 19.4 Å². The van der Waals surface area contributed by atoms with Crippen molar-refractivity contribution in [2.45, 2.75) is 31.4 Å². The van der Waals surface area contributed by atoms with Crippen LogP contribution in [0.25, 0.3) is 0 Å². The molecule has 5 nitrogen and oxygen atoms in total. The van der Waals surface area contributed by atoms with Crippen LogP contribution in [0.2, 0.25) is 5.02 Å². The second kappa shape index (κ2) is 8.47. The van der Waals surface area contributed by atoms with E-state index in [1.807, 2.05) is 30.3 Å². The standard InChI is InChI=1S/C18H20ClNO4S/c1-13(2)17(18(21)24-12-14-7-4-3-5-8-14)20-25(22,23)16-10-6-9-15(19)11-16/h3-11,13,17,20H,12H2,1-2H3/t17-/m0/s1. The Bertz CT molecular complexity index is 822. The second-order valence-corrected chi connectivity index (χ2v) is 8.04. The number of carbonyl (C=O) groups excluding carboxylic acids is 1. The molecule has 0 amide bonds.